The van der Waals surface area contributed by atoms with E-state index < -0.39 is 29.7 Å². The Labute approximate surface area is 154 Å². The molecule has 1 aromatic rings. The third-order valence-electron chi connectivity index (χ3n) is 4.34. The molecule has 2 rings (SSSR count). The summed E-state index contributed by atoms with van der Waals surface area (Å²) in [6, 6.07) is 1.49. The Kier molecular flexibility index (Phi) is 6.45. The van der Waals surface area contributed by atoms with Crippen LogP contribution in [0.4, 0.5) is 18.9 Å². The van der Waals surface area contributed by atoms with Crippen LogP contribution >= 0.6 is 0 Å². The molecule has 0 aliphatic carbocycles. The van der Waals surface area contributed by atoms with Gasteiger partial charge in [-0.25, -0.2) is 4.79 Å². The van der Waals surface area contributed by atoms with Crippen molar-refractivity contribution < 1.29 is 32.7 Å². The van der Waals surface area contributed by atoms with Gasteiger partial charge in [-0.15, -0.1) is 0 Å². The van der Waals surface area contributed by atoms with E-state index in [1.807, 2.05) is 6.92 Å². The zero-order chi connectivity index (χ0) is 20.2. The molecule has 6 nitrogen and oxygen atoms in total. The second-order valence-corrected chi connectivity index (χ2v) is 6.42. The molecule has 1 aliphatic rings. The Balaban J connectivity index is 2.35. The smallest absolute Gasteiger partial charge is 0.416 e. The summed E-state index contributed by atoms with van der Waals surface area (Å²) in [5.74, 6) is -2.48. The molecule has 0 saturated carbocycles. The highest BCUT2D eigenvalue weighted by Crippen LogP contribution is 2.34. The number of nitrogens with one attached hydrogen (secondary N) is 1. The maximum Gasteiger partial charge on any atom is 0.416 e. The molecular weight excluding hydrogens is 365 g/mol. The fourth-order valence-corrected chi connectivity index (χ4v) is 2.89. The summed E-state index contributed by atoms with van der Waals surface area (Å²) in [7, 11) is 0. The van der Waals surface area contributed by atoms with Crippen molar-refractivity contribution in [2.24, 2.45) is 0 Å². The van der Waals surface area contributed by atoms with Gasteiger partial charge < -0.3 is 15.3 Å². The lowest BCUT2D eigenvalue weighted by Gasteiger charge is -2.20. The predicted molar refractivity (Wildman–Crippen MR) is 91.4 cm³/mol. The predicted octanol–water partition coefficient (Wildman–Crippen LogP) is 3.21. The Bertz CT molecular complexity index is 734. The van der Waals surface area contributed by atoms with Crippen molar-refractivity contribution in [3.8, 4) is 0 Å². The van der Waals surface area contributed by atoms with E-state index in [0.717, 1.165) is 6.07 Å². The number of carbonyl (C=O) groups is 3. The lowest BCUT2D eigenvalue weighted by molar-refractivity contribution is -0.139. The van der Waals surface area contributed by atoms with E-state index in [4.69, 9.17) is 0 Å². The van der Waals surface area contributed by atoms with Crippen LogP contribution in [0, 0.1) is 0 Å². The zero-order valence-electron chi connectivity index (χ0n) is 14.8. The number of anilines is 1. The highest BCUT2D eigenvalue weighted by atomic mass is 19.4. The molecule has 9 heteroatoms. The Morgan fingerprint density at radius 3 is 2.52 bits per heavy atom. The van der Waals surface area contributed by atoms with Crippen molar-refractivity contribution in [2.45, 2.75) is 51.2 Å². The minimum absolute atomic E-state index is 0.0158. The van der Waals surface area contributed by atoms with Gasteiger partial charge in [-0.05, 0) is 31.0 Å². The lowest BCUT2D eigenvalue weighted by atomic mass is 10.1. The fourth-order valence-electron chi connectivity index (χ4n) is 2.89. The molecule has 0 bridgehead atoms. The third-order valence-corrected chi connectivity index (χ3v) is 4.34. The molecular formula is C18H21F3N2O4. The van der Waals surface area contributed by atoms with Gasteiger partial charge in [-0.2, -0.15) is 13.2 Å². The summed E-state index contributed by atoms with van der Waals surface area (Å²) in [5, 5.41) is 11.5. The van der Waals surface area contributed by atoms with Crippen molar-refractivity contribution >= 4 is 23.5 Å². The summed E-state index contributed by atoms with van der Waals surface area (Å²) in [6.07, 6.45) is -2.52. The van der Waals surface area contributed by atoms with Gasteiger partial charge in [-0.3, -0.25) is 9.59 Å². The van der Waals surface area contributed by atoms with Crippen LogP contribution in [0.15, 0.2) is 18.2 Å². The average Bonchev–Trinajstić information content (AvgIpc) is 3.03. The number of hydrogen-bond donors (Lipinski definition) is 2. The maximum atomic E-state index is 13.2. The minimum atomic E-state index is -4.71. The van der Waals surface area contributed by atoms with Gasteiger partial charge in [0.25, 0.3) is 5.91 Å². The Morgan fingerprint density at radius 2 is 2.00 bits per heavy atom. The third kappa shape index (κ3) is 5.21. The van der Waals surface area contributed by atoms with Crippen molar-refractivity contribution in [1.29, 1.82) is 0 Å². The molecule has 1 aromatic carbocycles. The maximum absolute atomic E-state index is 13.2. The highest BCUT2D eigenvalue weighted by molar-refractivity contribution is 6.00. The van der Waals surface area contributed by atoms with Gasteiger partial charge in [0.05, 0.1) is 5.56 Å². The number of carboxylic acids is 1. The summed E-state index contributed by atoms with van der Waals surface area (Å²) >= 11 is 0. The first-order valence-corrected chi connectivity index (χ1v) is 8.69. The molecule has 0 spiro atoms. The second kappa shape index (κ2) is 8.41. The molecule has 1 fully saturated rings. The summed E-state index contributed by atoms with van der Waals surface area (Å²) in [5.41, 5.74) is -1.41. The number of amides is 2. The molecule has 1 unspecified atom stereocenters. The molecule has 2 amide bonds. The van der Waals surface area contributed by atoms with E-state index in [9.17, 15) is 32.7 Å². The van der Waals surface area contributed by atoms with E-state index in [2.05, 4.69) is 5.32 Å². The molecule has 148 valence electrons. The fraction of sp³-hybridized carbons (Fsp3) is 0.500. The lowest BCUT2D eigenvalue weighted by Crippen LogP contribution is -2.40. The van der Waals surface area contributed by atoms with Crippen molar-refractivity contribution in [3.05, 3.63) is 29.3 Å². The van der Waals surface area contributed by atoms with Gasteiger partial charge in [0, 0.05) is 24.2 Å². The quantitative estimate of drug-likeness (QED) is 0.753. The molecule has 1 saturated heterocycles. The second-order valence-electron chi connectivity index (χ2n) is 6.42. The SMILES string of the molecule is CCCCC(NC(=O)c1cc(N2CCCC2=O)cc(C(F)(F)F)c1)C(=O)O. The van der Waals surface area contributed by atoms with E-state index in [1.165, 1.54) is 11.0 Å². The van der Waals surface area contributed by atoms with Crippen LogP contribution in [-0.2, 0) is 15.8 Å². The number of halogens is 3. The first kappa shape index (κ1) is 20.7. The van der Waals surface area contributed by atoms with E-state index in [1.54, 1.807) is 0 Å². The first-order valence-electron chi connectivity index (χ1n) is 8.69. The first-order chi connectivity index (χ1) is 12.6. The molecule has 0 aromatic heterocycles. The molecule has 27 heavy (non-hydrogen) atoms. The summed E-state index contributed by atoms with van der Waals surface area (Å²) in [4.78, 5) is 36.7. The largest absolute Gasteiger partial charge is 0.480 e. The number of unbranched alkanes of at least 4 members (excludes halogenated alkanes) is 1. The average molecular weight is 386 g/mol. The highest BCUT2D eigenvalue weighted by Gasteiger charge is 2.34. The van der Waals surface area contributed by atoms with Gasteiger partial charge in [0.15, 0.2) is 0 Å². The normalized spacial score (nSPS) is 15.7. The minimum Gasteiger partial charge on any atom is -0.480 e. The molecule has 1 atom stereocenters. The van der Waals surface area contributed by atoms with Crippen molar-refractivity contribution in [2.75, 3.05) is 11.4 Å². The topological polar surface area (TPSA) is 86.7 Å². The van der Waals surface area contributed by atoms with Gasteiger partial charge in [0.1, 0.15) is 6.04 Å². The zero-order valence-corrected chi connectivity index (χ0v) is 14.8. The van der Waals surface area contributed by atoms with Crippen LogP contribution in [0.5, 0.6) is 0 Å². The number of hydrogen-bond acceptors (Lipinski definition) is 3. The van der Waals surface area contributed by atoms with Gasteiger partial charge in [-0.1, -0.05) is 19.8 Å². The van der Waals surface area contributed by atoms with Gasteiger partial charge >= 0.3 is 12.1 Å². The number of aliphatic carboxylic acids is 1. The molecule has 1 aliphatic heterocycles. The number of benzene rings is 1. The van der Waals surface area contributed by atoms with Crippen LogP contribution < -0.4 is 10.2 Å². The number of alkyl halides is 3. The number of rotatable bonds is 7. The van der Waals surface area contributed by atoms with E-state index in [0.29, 0.717) is 25.3 Å². The Morgan fingerprint density at radius 1 is 1.30 bits per heavy atom. The van der Waals surface area contributed by atoms with Crippen molar-refractivity contribution in [1.82, 2.24) is 5.32 Å². The van der Waals surface area contributed by atoms with Crippen LogP contribution in [-0.4, -0.2) is 35.5 Å². The summed E-state index contributed by atoms with van der Waals surface area (Å²) < 4.78 is 39.7. The number of nitrogens with zero attached hydrogens (tertiary/aromatic N) is 1. The Hall–Kier alpha value is -2.58. The van der Waals surface area contributed by atoms with Crippen LogP contribution in [0.25, 0.3) is 0 Å². The van der Waals surface area contributed by atoms with Crippen LogP contribution in [0.1, 0.15) is 54.9 Å². The standard InChI is InChI=1S/C18H21F3N2O4/c1-2-3-5-14(17(26)27)22-16(25)11-8-12(18(19,20)21)10-13(9-11)23-7-4-6-15(23)24/h8-10,14H,2-7H2,1H3,(H,22,25)(H,26,27). The molecule has 2 N–H and O–H groups in total. The number of carboxylic acid groups (broad SMARTS) is 1. The summed E-state index contributed by atoms with van der Waals surface area (Å²) in [6.45, 7) is 2.13. The molecule has 0 radical (unpaired) electrons. The monoisotopic (exact) mass is 386 g/mol. The van der Waals surface area contributed by atoms with E-state index in [-0.39, 0.29) is 36.5 Å². The molecule has 1 heterocycles. The van der Waals surface area contributed by atoms with Crippen LogP contribution in [0.2, 0.25) is 0 Å². The van der Waals surface area contributed by atoms with Crippen LogP contribution in [0.3, 0.4) is 0 Å². The van der Waals surface area contributed by atoms with Gasteiger partial charge in [0.2, 0.25) is 5.91 Å². The van der Waals surface area contributed by atoms with Crippen molar-refractivity contribution in [3.63, 3.8) is 0 Å². The number of carbonyl (C=O) groups excluding carboxylic acids is 2. The van der Waals surface area contributed by atoms with E-state index >= 15 is 0 Å².